The van der Waals surface area contributed by atoms with Crippen LogP contribution in [0.1, 0.15) is 11.1 Å². The number of rotatable bonds is 3. The Labute approximate surface area is 122 Å². The minimum absolute atomic E-state index is 0.262. The molecule has 0 heterocycles. The molecule has 0 aliphatic rings. The van der Waals surface area contributed by atoms with E-state index in [9.17, 15) is 4.79 Å². The number of nitrogens with zero attached hydrogens (tertiary/aromatic N) is 1. The van der Waals surface area contributed by atoms with Gasteiger partial charge in [0, 0.05) is 6.08 Å². The number of anilines is 1. The summed E-state index contributed by atoms with van der Waals surface area (Å²) in [5.74, 6) is -0.262. The third kappa shape index (κ3) is 3.71. The number of nitriles is 1. The Hall–Kier alpha value is -2.57. The number of hydrogen-bond acceptors (Lipinski definition) is 2. The van der Waals surface area contributed by atoms with Crippen molar-refractivity contribution in [2.24, 2.45) is 0 Å². The fraction of sp³-hybridized carbons (Fsp3) is 0. The molecule has 98 valence electrons. The Morgan fingerprint density at radius 2 is 1.85 bits per heavy atom. The van der Waals surface area contributed by atoms with Crippen LogP contribution in [0.3, 0.4) is 0 Å². The Morgan fingerprint density at radius 1 is 1.15 bits per heavy atom. The zero-order valence-corrected chi connectivity index (χ0v) is 11.3. The quantitative estimate of drug-likeness (QED) is 0.869. The van der Waals surface area contributed by atoms with E-state index < -0.39 is 0 Å². The summed E-state index contributed by atoms with van der Waals surface area (Å²) >= 11 is 5.95. The second-order valence-electron chi connectivity index (χ2n) is 4.04. The lowest BCUT2D eigenvalue weighted by Crippen LogP contribution is -2.07. The molecule has 0 aliphatic heterocycles. The van der Waals surface area contributed by atoms with Gasteiger partial charge in [0.25, 0.3) is 0 Å². The molecule has 3 nitrogen and oxygen atoms in total. The van der Waals surface area contributed by atoms with Crippen molar-refractivity contribution in [1.29, 1.82) is 5.26 Å². The zero-order valence-electron chi connectivity index (χ0n) is 10.5. The predicted octanol–water partition coefficient (Wildman–Crippen LogP) is 3.86. The normalized spacial score (nSPS) is 10.2. The van der Waals surface area contributed by atoms with Crippen molar-refractivity contribution >= 4 is 29.3 Å². The molecule has 2 aromatic rings. The van der Waals surface area contributed by atoms with Gasteiger partial charge >= 0.3 is 0 Å². The predicted molar refractivity (Wildman–Crippen MR) is 80.3 cm³/mol. The van der Waals surface area contributed by atoms with Crippen LogP contribution in [-0.4, -0.2) is 5.91 Å². The number of halogens is 1. The van der Waals surface area contributed by atoms with Gasteiger partial charge in [0.1, 0.15) is 0 Å². The molecule has 2 aromatic carbocycles. The van der Waals surface area contributed by atoms with Crippen molar-refractivity contribution in [2.75, 3.05) is 5.32 Å². The van der Waals surface area contributed by atoms with Crippen LogP contribution < -0.4 is 5.32 Å². The molecule has 0 saturated carbocycles. The highest BCUT2D eigenvalue weighted by Crippen LogP contribution is 2.20. The highest BCUT2D eigenvalue weighted by atomic mass is 35.5. The minimum Gasteiger partial charge on any atom is -0.321 e. The average molecular weight is 283 g/mol. The summed E-state index contributed by atoms with van der Waals surface area (Å²) in [4.78, 5) is 11.8. The van der Waals surface area contributed by atoms with Gasteiger partial charge in [-0.1, -0.05) is 35.9 Å². The highest BCUT2D eigenvalue weighted by Gasteiger charge is 2.01. The lowest BCUT2D eigenvalue weighted by molar-refractivity contribution is -0.111. The molecule has 0 aliphatic carbocycles. The minimum atomic E-state index is -0.262. The largest absolute Gasteiger partial charge is 0.321 e. The van der Waals surface area contributed by atoms with Gasteiger partial charge < -0.3 is 5.32 Å². The van der Waals surface area contributed by atoms with E-state index in [-0.39, 0.29) is 5.91 Å². The van der Waals surface area contributed by atoms with E-state index in [1.165, 1.54) is 6.08 Å². The van der Waals surface area contributed by atoms with Crippen molar-refractivity contribution in [3.8, 4) is 6.07 Å². The topological polar surface area (TPSA) is 52.9 Å². The molecule has 0 atom stereocenters. The fourth-order valence-electron chi connectivity index (χ4n) is 1.58. The van der Waals surface area contributed by atoms with Crippen LogP contribution in [0.25, 0.3) is 6.08 Å². The first-order valence-electron chi connectivity index (χ1n) is 5.93. The van der Waals surface area contributed by atoms with Crippen LogP contribution in [0.2, 0.25) is 5.02 Å². The van der Waals surface area contributed by atoms with Gasteiger partial charge in [0.2, 0.25) is 5.91 Å². The number of hydrogen-bond donors (Lipinski definition) is 1. The third-order valence-corrected chi connectivity index (χ3v) is 2.93. The maximum atomic E-state index is 11.8. The van der Waals surface area contributed by atoms with E-state index in [1.54, 1.807) is 54.6 Å². The maximum absolute atomic E-state index is 11.8. The van der Waals surface area contributed by atoms with Gasteiger partial charge in [-0.15, -0.1) is 0 Å². The molecule has 4 heteroatoms. The first kappa shape index (κ1) is 13.9. The Balaban J connectivity index is 2.02. The maximum Gasteiger partial charge on any atom is 0.248 e. The van der Waals surface area contributed by atoms with E-state index >= 15 is 0 Å². The molecule has 1 amide bonds. The SMILES string of the molecule is N#Cc1ccc(/C=C/C(=O)Nc2ccccc2Cl)cc1. The van der Waals surface area contributed by atoms with E-state index in [4.69, 9.17) is 16.9 Å². The fourth-order valence-corrected chi connectivity index (χ4v) is 1.76. The van der Waals surface area contributed by atoms with Crippen molar-refractivity contribution in [1.82, 2.24) is 0 Å². The molecule has 0 radical (unpaired) electrons. The smallest absolute Gasteiger partial charge is 0.248 e. The van der Waals surface area contributed by atoms with Crippen LogP contribution in [0.5, 0.6) is 0 Å². The van der Waals surface area contributed by atoms with Crippen LogP contribution in [-0.2, 0) is 4.79 Å². The van der Waals surface area contributed by atoms with Gasteiger partial charge in [0.05, 0.1) is 22.3 Å². The Morgan fingerprint density at radius 3 is 2.50 bits per heavy atom. The van der Waals surface area contributed by atoms with E-state index in [0.29, 0.717) is 16.3 Å². The molecule has 0 unspecified atom stereocenters. The van der Waals surface area contributed by atoms with Crippen LogP contribution in [0.15, 0.2) is 54.6 Å². The summed E-state index contributed by atoms with van der Waals surface area (Å²) in [6.07, 6.45) is 3.10. The second kappa shape index (κ2) is 6.55. The van der Waals surface area contributed by atoms with Crippen LogP contribution >= 0.6 is 11.6 Å². The van der Waals surface area contributed by atoms with Gasteiger partial charge in [-0.25, -0.2) is 0 Å². The number of carbonyl (C=O) groups is 1. The van der Waals surface area contributed by atoms with Gasteiger partial charge in [-0.2, -0.15) is 5.26 Å². The number of benzene rings is 2. The van der Waals surface area contributed by atoms with Crippen molar-refractivity contribution in [3.63, 3.8) is 0 Å². The van der Waals surface area contributed by atoms with Crippen molar-refractivity contribution < 1.29 is 4.79 Å². The molecule has 0 fully saturated rings. The highest BCUT2D eigenvalue weighted by molar-refractivity contribution is 6.33. The van der Waals surface area contributed by atoms with Crippen LogP contribution in [0.4, 0.5) is 5.69 Å². The van der Waals surface area contributed by atoms with Gasteiger partial charge in [-0.3, -0.25) is 4.79 Å². The summed E-state index contributed by atoms with van der Waals surface area (Å²) in [6.45, 7) is 0. The molecular formula is C16H11ClN2O. The van der Waals surface area contributed by atoms with Crippen LogP contribution in [0, 0.1) is 11.3 Å². The lowest BCUT2D eigenvalue weighted by Gasteiger charge is -2.03. The molecule has 20 heavy (non-hydrogen) atoms. The lowest BCUT2D eigenvalue weighted by atomic mass is 10.1. The molecular weight excluding hydrogens is 272 g/mol. The first-order chi connectivity index (χ1) is 9.69. The summed E-state index contributed by atoms with van der Waals surface area (Å²) in [7, 11) is 0. The summed E-state index contributed by atoms with van der Waals surface area (Å²) in [5, 5.41) is 11.9. The molecule has 0 bridgehead atoms. The number of amides is 1. The zero-order chi connectivity index (χ0) is 14.4. The summed E-state index contributed by atoms with van der Waals surface area (Å²) < 4.78 is 0. The summed E-state index contributed by atoms with van der Waals surface area (Å²) in [6, 6.07) is 16.0. The average Bonchev–Trinajstić information content (AvgIpc) is 2.48. The van der Waals surface area contributed by atoms with E-state index in [1.807, 2.05) is 6.07 Å². The van der Waals surface area contributed by atoms with Gasteiger partial charge in [-0.05, 0) is 35.9 Å². The van der Waals surface area contributed by atoms with E-state index in [2.05, 4.69) is 5.32 Å². The van der Waals surface area contributed by atoms with Gasteiger partial charge in [0.15, 0.2) is 0 Å². The third-order valence-electron chi connectivity index (χ3n) is 2.60. The Kier molecular flexibility index (Phi) is 4.54. The summed E-state index contributed by atoms with van der Waals surface area (Å²) in [5.41, 5.74) is 2.00. The van der Waals surface area contributed by atoms with Crippen molar-refractivity contribution in [2.45, 2.75) is 0 Å². The molecule has 0 spiro atoms. The Bertz CT molecular complexity index is 684. The number of nitrogens with one attached hydrogen (secondary N) is 1. The monoisotopic (exact) mass is 282 g/mol. The number of para-hydroxylation sites is 1. The number of carbonyl (C=O) groups excluding carboxylic acids is 1. The first-order valence-corrected chi connectivity index (χ1v) is 6.30. The second-order valence-corrected chi connectivity index (χ2v) is 4.44. The molecule has 2 rings (SSSR count). The van der Waals surface area contributed by atoms with E-state index in [0.717, 1.165) is 5.56 Å². The molecule has 0 saturated heterocycles. The van der Waals surface area contributed by atoms with Crippen molar-refractivity contribution in [3.05, 3.63) is 70.8 Å². The standard InChI is InChI=1S/C16H11ClN2O/c17-14-3-1-2-4-15(14)19-16(20)10-9-12-5-7-13(11-18)8-6-12/h1-10H,(H,19,20)/b10-9+. The molecule has 1 N–H and O–H groups in total. The molecule has 0 aromatic heterocycles.